The van der Waals surface area contributed by atoms with E-state index < -0.39 is 12.1 Å². The molecule has 2 aromatic carbocycles. The number of benzene rings is 2. The zero-order valence-electron chi connectivity index (χ0n) is 21.0. The molecule has 9 heteroatoms. The number of anilines is 2. The van der Waals surface area contributed by atoms with Crippen molar-refractivity contribution in [3.63, 3.8) is 0 Å². The number of unbranched alkanes of at least 4 members (excludes halogenated alkanes) is 2. The van der Waals surface area contributed by atoms with Gasteiger partial charge in [0.05, 0.1) is 28.1 Å². The van der Waals surface area contributed by atoms with Crippen LogP contribution in [0.4, 0.5) is 11.4 Å². The van der Waals surface area contributed by atoms with Crippen LogP contribution in [0.1, 0.15) is 61.0 Å². The van der Waals surface area contributed by atoms with Crippen LogP contribution in [-0.4, -0.2) is 47.4 Å². The van der Waals surface area contributed by atoms with Gasteiger partial charge in [-0.2, -0.15) is 4.73 Å². The summed E-state index contributed by atoms with van der Waals surface area (Å²) in [7, 11) is 1.59. The number of carbonyl (C=O) groups excluding carboxylic acids is 2. The summed E-state index contributed by atoms with van der Waals surface area (Å²) in [5.74, 6) is -1.37. The van der Waals surface area contributed by atoms with Gasteiger partial charge >= 0.3 is 5.97 Å². The van der Waals surface area contributed by atoms with E-state index in [0.717, 1.165) is 23.0 Å². The van der Waals surface area contributed by atoms with Crippen LogP contribution < -0.4 is 15.5 Å². The van der Waals surface area contributed by atoms with Crippen LogP contribution in [0, 0.1) is 0 Å². The van der Waals surface area contributed by atoms with Gasteiger partial charge in [-0.05, 0) is 50.3 Å². The maximum absolute atomic E-state index is 13.6. The molecule has 1 aromatic heterocycles. The summed E-state index contributed by atoms with van der Waals surface area (Å²) < 4.78 is 7.73. The van der Waals surface area contributed by atoms with Crippen LogP contribution in [0.3, 0.4) is 0 Å². The number of carboxylic acid groups (broad SMARTS) is 1. The van der Waals surface area contributed by atoms with Gasteiger partial charge in [-0.15, -0.1) is 0 Å². The van der Waals surface area contributed by atoms with Crippen LogP contribution in [0.5, 0.6) is 0 Å². The number of carboxylic acids is 1. The molecule has 3 N–H and O–H groups in total. The Hall–Kier alpha value is -3.85. The molecule has 1 aliphatic rings. The monoisotopic (exact) mass is 507 g/mol. The summed E-state index contributed by atoms with van der Waals surface area (Å²) in [6.07, 6.45) is 3.92. The Kier molecular flexibility index (Phi) is 8.79. The molecule has 2 heterocycles. The maximum Gasteiger partial charge on any atom is 0.303 e. The van der Waals surface area contributed by atoms with Crippen molar-refractivity contribution in [1.82, 2.24) is 4.73 Å². The van der Waals surface area contributed by atoms with Crippen molar-refractivity contribution in [2.75, 3.05) is 24.4 Å². The molecule has 0 fully saturated rings. The summed E-state index contributed by atoms with van der Waals surface area (Å²) >= 11 is 0. The summed E-state index contributed by atoms with van der Waals surface area (Å²) in [4.78, 5) is 43.2. The molecule has 0 saturated carbocycles. The summed E-state index contributed by atoms with van der Waals surface area (Å²) in [6.45, 7) is 0.392. The van der Waals surface area contributed by atoms with E-state index in [1.54, 1.807) is 36.1 Å². The lowest BCUT2D eigenvalue weighted by atomic mass is 10.1. The number of ether oxygens (including phenoxy) is 1. The van der Waals surface area contributed by atoms with Crippen LogP contribution in [0.15, 0.2) is 48.5 Å². The Morgan fingerprint density at radius 3 is 2.51 bits per heavy atom. The SMILES string of the molecule is COn1c2c(c3ccccc31)C(=O)Nc1ccccc1NC(=O)[C@@H](CCCCCC(=O)O)OCCCC2. The summed E-state index contributed by atoms with van der Waals surface area (Å²) in [5.41, 5.74) is 3.12. The topological polar surface area (TPSA) is 119 Å². The molecule has 3 aromatic rings. The number of rotatable bonds is 7. The van der Waals surface area contributed by atoms with Gasteiger partial charge in [-0.3, -0.25) is 14.4 Å². The van der Waals surface area contributed by atoms with Gasteiger partial charge in [-0.25, -0.2) is 0 Å². The lowest BCUT2D eigenvalue weighted by molar-refractivity contribution is -0.137. The number of hydrogen-bond donors (Lipinski definition) is 3. The molecule has 37 heavy (non-hydrogen) atoms. The second kappa shape index (κ2) is 12.4. The maximum atomic E-state index is 13.6. The van der Waals surface area contributed by atoms with Crippen molar-refractivity contribution in [3.8, 4) is 0 Å². The van der Waals surface area contributed by atoms with Gasteiger partial charge in [0.25, 0.3) is 11.8 Å². The van der Waals surface area contributed by atoms with E-state index in [1.807, 2.05) is 24.3 Å². The molecule has 0 unspecified atom stereocenters. The molecular weight excluding hydrogens is 474 g/mol. The lowest BCUT2D eigenvalue weighted by Crippen LogP contribution is -2.31. The minimum absolute atomic E-state index is 0.116. The third kappa shape index (κ3) is 6.29. The molecule has 4 rings (SSSR count). The molecule has 0 bridgehead atoms. The third-order valence-corrected chi connectivity index (χ3v) is 6.55. The standard InChI is InChI=1S/C28H33N3O6/c1-36-31-22-14-8-5-11-19(22)26-23(31)15-9-10-18-37-24(16-3-2-4-17-25(32)33)27(34)29-20-12-6-7-13-21(20)30-28(26)35/h5-8,11-14,24H,2-4,9-10,15-18H2,1H3,(H,29,34)(H,30,35)(H,32,33)/t24-/m1/s1. The molecular formula is C28H33N3O6. The molecule has 0 spiro atoms. The number of amides is 2. The number of hydrogen-bond acceptors (Lipinski definition) is 5. The van der Waals surface area contributed by atoms with Gasteiger partial charge in [0.1, 0.15) is 13.2 Å². The fourth-order valence-electron chi connectivity index (χ4n) is 4.75. The first-order chi connectivity index (χ1) is 18.0. The lowest BCUT2D eigenvalue weighted by Gasteiger charge is -2.20. The van der Waals surface area contributed by atoms with E-state index in [4.69, 9.17) is 14.7 Å². The van der Waals surface area contributed by atoms with Gasteiger partial charge in [0.15, 0.2) is 0 Å². The summed E-state index contributed by atoms with van der Waals surface area (Å²) in [6, 6.07) is 14.7. The minimum Gasteiger partial charge on any atom is -0.481 e. The first-order valence-corrected chi connectivity index (χ1v) is 12.7. The van der Waals surface area contributed by atoms with E-state index in [1.165, 1.54) is 0 Å². The van der Waals surface area contributed by atoms with Gasteiger partial charge < -0.3 is 25.3 Å². The van der Waals surface area contributed by atoms with Crippen molar-refractivity contribution in [2.24, 2.45) is 0 Å². The Balaban J connectivity index is 1.61. The predicted molar refractivity (Wildman–Crippen MR) is 141 cm³/mol. The smallest absolute Gasteiger partial charge is 0.303 e. The summed E-state index contributed by atoms with van der Waals surface area (Å²) in [5, 5.41) is 15.5. The van der Waals surface area contributed by atoms with Crippen LogP contribution >= 0.6 is 0 Å². The van der Waals surface area contributed by atoms with Gasteiger partial charge in [0.2, 0.25) is 0 Å². The van der Waals surface area contributed by atoms with E-state index in [-0.39, 0.29) is 18.2 Å². The van der Waals surface area contributed by atoms with Crippen molar-refractivity contribution < 1.29 is 29.1 Å². The second-order valence-corrected chi connectivity index (χ2v) is 9.11. The van der Waals surface area contributed by atoms with Gasteiger partial charge in [-0.1, -0.05) is 43.2 Å². The molecule has 9 nitrogen and oxygen atoms in total. The van der Waals surface area contributed by atoms with Crippen LogP contribution in [0.25, 0.3) is 10.9 Å². The molecule has 2 amide bonds. The quantitative estimate of drug-likeness (QED) is 0.401. The average molecular weight is 508 g/mol. The highest BCUT2D eigenvalue weighted by Crippen LogP contribution is 2.30. The second-order valence-electron chi connectivity index (χ2n) is 9.11. The Morgan fingerprint density at radius 2 is 1.76 bits per heavy atom. The fraction of sp³-hybridized carbons (Fsp3) is 0.393. The highest BCUT2D eigenvalue weighted by atomic mass is 16.6. The zero-order valence-corrected chi connectivity index (χ0v) is 21.0. The highest BCUT2D eigenvalue weighted by molar-refractivity contribution is 6.15. The molecule has 0 aliphatic carbocycles. The Labute approximate surface area is 215 Å². The Morgan fingerprint density at radius 1 is 1.03 bits per heavy atom. The van der Waals surface area contributed by atoms with E-state index in [2.05, 4.69) is 10.6 Å². The predicted octanol–water partition coefficient (Wildman–Crippen LogP) is 4.65. The van der Waals surface area contributed by atoms with E-state index in [0.29, 0.717) is 62.1 Å². The fourth-order valence-corrected chi connectivity index (χ4v) is 4.75. The molecule has 1 aliphatic heterocycles. The zero-order chi connectivity index (χ0) is 26.2. The normalized spacial score (nSPS) is 16.7. The average Bonchev–Trinajstić information content (AvgIpc) is 3.20. The largest absolute Gasteiger partial charge is 0.481 e. The number of para-hydroxylation sites is 3. The molecule has 0 radical (unpaired) electrons. The van der Waals surface area contributed by atoms with Crippen LogP contribution in [-0.2, 0) is 20.7 Å². The van der Waals surface area contributed by atoms with E-state index >= 15 is 0 Å². The van der Waals surface area contributed by atoms with Crippen molar-refractivity contribution in [2.45, 2.75) is 57.5 Å². The number of aromatic nitrogens is 1. The van der Waals surface area contributed by atoms with E-state index in [9.17, 15) is 14.4 Å². The first kappa shape index (κ1) is 26.2. The highest BCUT2D eigenvalue weighted by Gasteiger charge is 2.25. The van der Waals surface area contributed by atoms with Gasteiger partial charge in [0, 0.05) is 18.4 Å². The number of nitrogens with one attached hydrogen (secondary N) is 2. The van der Waals surface area contributed by atoms with Crippen LogP contribution in [0.2, 0.25) is 0 Å². The van der Waals surface area contributed by atoms with Crippen molar-refractivity contribution in [1.29, 1.82) is 0 Å². The first-order valence-electron chi connectivity index (χ1n) is 12.7. The molecule has 196 valence electrons. The number of carbonyl (C=O) groups is 3. The molecule has 1 atom stereocenters. The van der Waals surface area contributed by atoms with Crippen molar-refractivity contribution >= 4 is 40.1 Å². The third-order valence-electron chi connectivity index (χ3n) is 6.55. The Bertz CT molecular complexity index is 1270. The molecule has 0 saturated heterocycles. The van der Waals surface area contributed by atoms with Crippen molar-refractivity contribution in [3.05, 3.63) is 59.8 Å². The number of fused-ring (bicyclic) bond motifs is 4. The number of nitrogens with zero attached hydrogens (tertiary/aromatic N) is 1. The minimum atomic E-state index is -0.818. The number of aliphatic carboxylic acids is 1.